The van der Waals surface area contributed by atoms with E-state index in [4.69, 9.17) is 0 Å². The van der Waals surface area contributed by atoms with Crippen molar-refractivity contribution in [3.8, 4) is 0 Å². The minimum Gasteiger partial charge on any atom is -0.316 e. The van der Waals surface area contributed by atoms with Gasteiger partial charge < -0.3 is 5.32 Å². The SMILES string of the molecule is CNC(C(C(F)(F)F)C(F)(F)F)C(C)(C)C. The van der Waals surface area contributed by atoms with Crippen molar-refractivity contribution in [2.24, 2.45) is 11.3 Å². The molecule has 0 bridgehead atoms. The van der Waals surface area contributed by atoms with Crippen LogP contribution in [0.3, 0.4) is 0 Å². The topological polar surface area (TPSA) is 12.0 Å². The average Bonchev–Trinajstić information content (AvgIpc) is 1.91. The molecule has 0 aromatic heterocycles. The minimum atomic E-state index is -5.31. The lowest BCUT2D eigenvalue weighted by Crippen LogP contribution is -2.55. The lowest BCUT2D eigenvalue weighted by atomic mass is 9.78. The summed E-state index contributed by atoms with van der Waals surface area (Å²) in [6.07, 6.45) is -10.6. The first-order chi connectivity index (χ1) is 6.81. The normalized spacial score (nSPS) is 16.7. The number of hydrogen-bond donors (Lipinski definition) is 1. The van der Waals surface area contributed by atoms with E-state index in [9.17, 15) is 26.3 Å². The molecule has 0 saturated heterocycles. The Labute approximate surface area is 90.2 Å². The summed E-state index contributed by atoms with van der Waals surface area (Å²) < 4.78 is 74.5. The third-order valence-corrected chi connectivity index (χ3v) is 2.28. The fraction of sp³-hybridized carbons (Fsp3) is 1.00. The van der Waals surface area contributed by atoms with Crippen LogP contribution in [-0.4, -0.2) is 25.4 Å². The van der Waals surface area contributed by atoms with E-state index in [1.165, 1.54) is 20.8 Å². The van der Waals surface area contributed by atoms with Crippen LogP contribution < -0.4 is 5.32 Å². The summed E-state index contributed by atoms with van der Waals surface area (Å²) in [6, 6.07) is -1.72. The second-order valence-electron chi connectivity index (χ2n) is 4.69. The van der Waals surface area contributed by atoms with Gasteiger partial charge in [-0.2, -0.15) is 26.3 Å². The molecule has 0 saturated carbocycles. The molecule has 7 heteroatoms. The van der Waals surface area contributed by atoms with E-state index >= 15 is 0 Å². The van der Waals surface area contributed by atoms with Crippen LogP contribution in [0.2, 0.25) is 0 Å². The summed E-state index contributed by atoms with van der Waals surface area (Å²) in [5, 5.41) is 2.12. The van der Waals surface area contributed by atoms with E-state index in [1.807, 2.05) is 0 Å². The van der Waals surface area contributed by atoms with Gasteiger partial charge in [-0.25, -0.2) is 0 Å². The molecule has 0 aliphatic heterocycles. The van der Waals surface area contributed by atoms with E-state index in [0.29, 0.717) is 0 Å². The molecule has 0 aromatic rings. The first-order valence-corrected chi connectivity index (χ1v) is 4.62. The minimum absolute atomic E-state index is 1.10. The molecule has 0 spiro atoms. The molecular weight excluding hydrogens is 236 g/mol. The molecule has 0 aromatic carbocycles. The van der Waals surface area contributed by atoms with Gasteiger partial charge in [0.15, 0.2) is 5.92 Å². The highest BCUT2D eigenvalue weighted by molar-refractivity contribution is 4.93. The molecule has 16 heavy (non-hydrogen) atoms. The monoisotopic (exact) mass is 251 g/mol. The highest BCUT2D eigenvalue weighted by atomic mass is 19.4. The number of rotatable bonds is 2. The zero-order valence-electron chi connectivity index (χ0n) is 9.42. The standard InChI is InChI=1S/C9H15F6N/c1-7(2,3)6(16-4)5(8(10,11)12)9(13,14)15/h5-6,16H,1-4H3. The second-order valence-corrected chi connectivity index (χ2v) is 4.69. The van der Waals surface area contributed by atoms with Crippen molar-refractivity contribution >= 4 is 0 Å². The zero-order chi connectivity index (χ0) is 13.4. The highest BCUT2D eigenvalue weighted by Crippen LogP contribution is 2.45. The largest absolute Gasteiger partial charge is 0.402 e. The third kappa shape index (κ3) is 3.84. The van der Waals surface area contributed by atoms with Crippen LogP contribution in [-0.2, 0) is 0 Å². The van der Waals surface area contributed by atoms with Crippen LogP contribution >= 0.6 is 0 Å². The second kappa shape index (κ2) is 4.43. The predicted octanol–water partition coefficient (Wildman–Crippen LogP) is 3.36. The molecule has 0 amide bonds. The lowest BCUT2D eigenvalue weighted by molar-refractivity contribution is -0.297. The van der Waals surface area contributed by atoms with E-state index in [2.05, 4.69) is 5.32 Å². The summed E-state index contributed by atoms with van der Waals surface area (Å²) in [5.41, 5.74) is -1.15. The van der Waals surface area contributed by atoms with Crippen molar-refractivity contribution in [1.29, 1.82) is 0 Å². The molecular formula is C9H15F6N. The molecule has 1 unspecified atom stereocenters. The van der Waals surface area contributed by atoms with Crippen LogP contribution in [0.15, 0.2) is 0 Å². The van der Waals surface area contributed by atoms with Crippen molar-refractivity contribution in [3.05, 3.63) is 0 Å². The molecule has 0 aliphatic rings. The third-order valence-electron chi connectivity index (χ3n) is 2.28. The molecule has 1 N–H and O–H groups in total. The van der Waals surface area contributed by atoms with Crippen LogP contribution in [0, 0.1) is 11.3 Å². The smallest absolute Gasteiger partial charge is 0.316 e. The van der Waals surface area contributed by atoms with Gasteiger partial charge in [-0.15, -0.1) is 0 Å². The summed E-state index contributed by atoms with van der Waals surface area (Å²) in [6.45, 7) is 4.00. The van der Waals surface area contributed by atoms with Gasteiger partial charge in [0.2, 0.25) is 0 Å². The maximum atomic E-state index is 12.4. The lowest BCUT2D eigenvalue weighted by Gasteiger charge is -2.38. The molecule has 0 fully saturated rings. The average molecular weight is 251 g/mol. The van der Waals surface area contributed by atoms with E-state index in [-0.39, 0.29) is 0 Å². The molecule has 0 aliphatic carbocycles. The first kappa shape index (κ1) is 15.5. The fourth-order valence-corrected chi connectivity index (χ4v) is 1.66. The van der Waals surface area contributed by atoms with Crippen LogP contribution in [0.4, 0.5) is 26.3 Å². The summed E-state index contributed by atoms with van der Waals surface area (Å²) >= 11 is 0. The highest BCUT2D eigenvalue weighted by Gasteiger charge is 2.61. The molecule has 1 nitrogen and oxygen atoms in total. The van der Waals surface area contributed by atoms with Gasteiger partial charge >= 0.3 is 12.4 Å². The Bertz CT molecular complexity index is 210. The number of hydrogen-bond acceptors (Lipinski definition) is 1. The van der Waals surface area contributed by atoms with E-state index in [1.54, 1.807) is 0 Å². The van der Waals surface area contributed by atoms with Gasteiger partial charge in [0, 0.05) is 6.04 Å². The van der Waals surface area contributed by atoms with E-state index in [0.717, 1.165) is 7.05 Å². The zero-order valence-corrected chi connectivity index (χ0v) is 9.42. The van der Waals surface area contributed by atoms with Crippen molar-refractivity contribution in [3.63, 3.8) is 0 Å². The van der Waals surface area contributed by atoms with Crippen molar-refractivity contribution in [2.75, 3.05) is 7.05 Å². The van der Waals surface area contributed by atoms with Gasteiger partial charge in [-0.1, -0.05) is 20.8 Å². The molecule has 1 atom stereocenters. The predicted molar refractivity (Wildman–Crippen MR) is 47.9 cm³/mol. The Morgan fingerprint density at radius 1 is 0.812 bits per heavy atom. The quantitative estimate of drug-likeness (QED) is 0.742. The summed E-state index contributed by atoms with van der Waals surface area (Å²) in [7, 11) is 1.10. The van der Waals surface area contributed by atoms with Crippen molar-refractivity contribution in [1.82, 2.24) is 5.32 Å². The van der Waals surface area contributed by atoms with Gasteiger partial charge in [0.25, 0.3) is 0 Å². The summed E-state index contributed by atoms with van der Waals surface area (Å²) in [5.74, 6) is -3.36. The Hall–Kier alpha value is -0.460. The van der Waals surface area contributed by atoms with Crippen LogP contribution in [0.5, 0.6) is 0 Å². The Kier molecular flexibility index (Phi) is 4.30. The van der Waals surface area contributed by atoms with Gasteiger partial charge in [0.1, 0.15) is 0 Å². The Morgan fingerprint density at radius 3 is 1.19 bits per heavy atom. The van der Waals surface area contributed by atoms with Crippen molar-refractivity contribution in [2.45, 2.75) is 39.2 Å². The Balaban J connectivity index is 5.35. The van der Waals surface area contributed by atoms with Crippen molar-refractivity contribution < 1.29 is 26.3 Å². The maximum absolute atomic E-state index is 12.4. The van der Waals surface area contributed by atoms with Crippen LogP contribution in [0.1, 0.15) is 20.8 Å². The summed E-state index contributed by atoms with van der Waals surface area (Å²) in [4.78, 5) is 0. The molecule has 0 radical (unpaired) electrons. The number of nitrogens with one attached hydrogen (secondary N) is 1. The number of alkyl halides is 6. The van der Waals surface area contributed by atoms with Gasteiger partial charge in [0.05, 0.1) is 0 Å². The number of halogens is 6. The van der Waals surface area contributed by atoms with Gasteiger partial charge in [-0.3, -0.25) is 0 Å². The maximum Gasteiger partial charge on any atom is 0.402 e. The molecule has 0 heterocycles. The Morgan fingerprint density at radius 2 is 1.12 bits per heavy atom. The fourth-order valence-electron chi connectivity index (χ4n) is 1.66. The van der Waals surface area contributed by atoms with Crippen LogP contribution in [0.25, 0.3) is 0 Å². The molecule has 0 rings (SSSR count). The molecule has 98 valence electrons. The first-order valence-electron chi connectivity index (χ1n) is 4.62. The van der Waals surface area contributed by atoms with Gasteiger partial charge in [-0.05, 0) is 12.5 Å². The van der Waals surface area contributed by atoms with E-state index < -0.39 is 29.7 Å².